The molecule has 1 unspecified atom stereocenters. The number of esters is 1. The van der Waals surface area contributed by atoms with E-state index >= 15 is 0 Å². The van der Waals surface area contributed by atoms with Crippen molar-refractivity contribution in [1.29, 1.82) is 0 Å². The summed E-state index contributed by atoms with van der Waals surface area (Å²) in [6.07, 6.45) is 3.84. The van der Waals surface area contributed by atoms with Crippen molar-refractivity contribution < 1.29 is 19.0 Å². The Morgan fingerprint density at radius 1 is 1.14 bits per heavy atom. The highest BCUT2D eigenvalue weighted by molar-refractivity contribution is 5.88. The van der Waals surface area contributed by atoms with Crippen LogP contribution >= 0.6 is 0 Å². The number of fused-ring (bicyclic) bond motifs is 2. The molecule has 1 N–H and O–H groups in total. The highest BCUT2D eigenvalue weighted by atomic mass is 16.5. The van der Waals surface area contributed by atoms with Crippen LogP contribution in [0.15, 0.2) is 34.1 Å². The molecule has 0 bridgehead atoms. The average molecular weight is 482 g/mol. The van der Waals surface area contributed by atoms with Gasteiger partial charge in [-0.3, -0.25) is 24.1 Å². The lowest BCUT2D eigenvalue weighted by atomic mass is 10.0. The number of carbonyl (C=O) groups excluding carboxylic acids is 1. The van der Waals surface area contributed by atoms with Crippen LogP contribution in [0.1, 0.15) is 25.2 Å². The van der Waals surface area contributed by atoms with Crippen molar-refractivity contribution in [2.45, 2.75) is 26.8 Å². The van der Waals surface area contributed by atoms with Gasteiger partial charge in [0.25, 0.3) is 5.56 Å². The molecule has 0 aliphatic carbocycles. The highest BCUT2D eigenvalue weighted by Gasteiger charge is 2.19. The standard InChI is InChI=1S/C24H27N5O6/c1-13(12-35-14(2)30)11-29-22-21(23(31)27-24(29)32)28(3)20(26-22)7-16-10-25-9-15-6-18(33-4)19(34-5)8-17(15)16/h6,8-10,13H,7,11-12H2,1-5H3,(H,27,31,32). The number of methoxy groups -OCH3 is 2. The molecular formula is C24H27N5O6. The molecule has 0 aliphatic rings. The molecule has 11 nitrogen and oxygen atoms in total. The first-order chi connectivity index (χ1) is 16.7. The fraction of sp³-hybridized carbons (Fsp3) is 0.375. The average Bonchev–Trinajstić information content (AvgIpc) is 3.15. The molecule has 1 atom stereocenters. The van der Waals surface area contributed by atoms with Gasteiger partial charge in [-0.25, -0.2) is 9.78 Å². The van der Waals surface area contributed by atoms with Crippen LogP contribution in [0.25, 0.3) is 21.9 Å². The lowest BCUT2D eigenvalue weighted by Crippen LogP contribution is -2.33. The predicted molar refractivity (Wildman–Crippen MR) is 129 cm³/mol. The van der Waals surface area contributed by atoms with Crippen LogP contribution in [-0.2, 0) is 29.5 Å². The summed E-state index contributed by atoms with van der Waals surface area (Å²) in [5.41, 5.74) is 0.351. The van der Waals surface area contributed by atoms with Gasteiger partial charge in [0.1, 0.15) is 5.82 Å². The van der Waals surface area contributed by atoms with Crippen LogP contribution < -0.4 is 20.7 Å². The van der Waals surface area contributed by atoms with Gasteiger partial charge in [-0.1, -0.05) is 6.92 Å². The minimum Gasteiger partial charge on any atom is -0.493 e. The SMILES string of the molecule is COc1cc2cncc(Cc3nc4c(c(=O)[nH]c(=O)n4CC(C)COC(C)=O)n3C)c2cc1OC. The van der Waals surface area contributed by atoms with Gasteiger partial charge < -0.3 is 18.8 Å². The summed E-state index contributed by atoms with van der Waals surface area (Å²) in [6, 6.07) is 3.74. The van der Waals surface area contributed by atoms with Crippen LogP contribution in [-0.4, -0.2) is 50.9 Å². The molecule has 4 aromatic rings. The van der Waals surface area contributed by atoms with Gasteiger partial charge in [0.2, 0.25) is 0 Å². The van der Waals surface area contributed by atoms with Gasteiger partial charge in [0.15, 0.2) is 22.7 Å². The Balaban J connectivity index is 1.79. The molecule has 0 saturated heterocycles. The van der Waals surface area contributed by atoms with Crippen molar-refractivity contribution in [1.82, 2.24) is 24.1 Å². The number of aromatic nitrogens is 5. The zero-order valence-electron chi connectivity index (χ0n) is 20.2. The van der Waals surface area contributed by atoms with Crippen molar-refractivity contribution in [3.63, 3.8) is 0 Å². The molecular weight excluding hydrogens is 454 g/mol. The number of pyridine rings is 1. The van der Waals surface area contributed by atoms with E-state index in [1.165, 1.54) is 11.5 Å². The summed E-state index contributed by atoms with van der Waals surface area (Å²) < 4.78 is 19.0. The molecule has 0 fully saturated rings. The minimum atomic E-state index is -0.564. The van der Waals surface area contributed by atoms with E-state index in [-0.39, 0.29) is 30.2 Å². The number of carbonyl (C=O) groups is 1. The van der Waals surface area contributed by atoms with E-state index in [2.05, 4.69) is 15.0 Å². The first-order valence-corrected chi connectivity index (χ1v) is 11.0. The zero-order chi connectivity index (χ0) is 25.3. The number of hydrogen-bond donors (Lipinski definition) is 1. The molecule has 4 rings (SSSR count). The zero-order valence-corrected chi connectivity index (χ0v) is 20.2. The number of nitrogens with zero attached hydrogens (tertiary/aromatic N) is 4. The van der Waals surface area contributed by atoms with Gasteiger partial charge in [-0.05, 0) is 23.1 Å². The Hall–Kier alpha value is -4.15. The van der Waals surface area contributed by atoms with Gasteiger partial charge in [0, 0.05) is 50.6 Å². The summed E-state index contributed by atoms with van der Waals surface area (Å²) in [7, 11) is 4.88. The molecule has 11 heteroatoms. The molecule has 1 aromatic carbocycles. The topological polar surface area (TPSA) is 130 Å². The summed E-state index contributed by atoms with van der Waals surface area (Å²) in [6.45, 7) is 3.55. The van der Waals surface area contributed by atoms with E-state index < -0.39 is 17.2 Å². The second-order valence-electron chi connectivity index (χ2n) is 8.44. The third-order valence-electron chi connectivity index (χ3n) is 5.87. The monoisotopic (exact) mass is 481 g/mol. The van der Waals surface area contributed by atoms with Gasteiger partial charge in [-0.2, -0.15) is 0 Å². The van der Waals surface area contributed by atoms with E-state index in [1.54, 1.807) is 38.2 Å². The fourth-order valence-electron chi connectivity index (χ4n) is 4.11. The Bertz CT molecular complexity index is 1530. The Kier molecular flexibility index (Phi) is 6.59. The molecule has 3 aromatic heterocycles. The van der Waals surface area contributed by atoms with Gasteiger partial charge in [-0.15, -0.1) is 0 Å². The third-order valence-corrected chi connectivity index (χ3v) is 5.87. The van der Waals surface area contributed by atoms with Crippen molar-refractivity contribution in [3.05, 3.63) is 56.8 Å². The second-order valence-corrected chi connectivity index (χ2v) is 8.44. The second kappa shape index (κ2) is 9.61. The van der Waals surface area contributed by atoms with Crippen molar-refractivity contribution in [2.24, 2.45) is 13.0 Å². The maximum Gasteiger partial charge on any atom is 0.330 e. The molecule has 0 saturated carbocycles. The van der Waals surface area contributed by atoms with Gasteiger partial charge >= 0.3 is 11.7 Å². The maximum atomic E-state index is 12.7. The maximum absolute atomic E-state index is 12.7. The van der Waals surface area contributed by atoms with E-state index in [9.17, 15) is 14.4 Å². The normalized spacial score (nSPS) is 12.1. The minimum absolute atomic E-state index is 0.148. The Labute approximate surface area is 200 Å². The molecule has 35 heavy (non-hydrogen) atoms. The molecule has 0 spiro atoms. The summed E-state index contributed by atoms with van der Waals surface area (Å²) in [5.74, 6) is 1.21. The smallest absolute Gasteiger partial charge is 0.330 e. The number of imidazole rings is 1. The number of aryl methyl sites for hydroxylation is 1. The number of rotatable bonds is 8. The first kappa shape index (κ1) is 24.0. The lowest BCUT2D eigenvalue weighted by Gasteiger charge is -2.13. The molecule has 0 aliphatic heterocycles. The van der Waals surface area contributed by atoms with E-state index in [0.717, 1.165) is 16.3 Å². The molecule has 3 heterocycles. The molecule has 0 radical (unpaired) electrons. The van der Waals surface area contributed by atoms with Crippen molar-refractivity contribution in [3.8, 4) is 11.5 Å². The number of benzene rings is 1. The number of nitrogens with one attached hydrogen (secondary N) is 1. The summed E-state index contributed by atoms with van der Waals surface area (Å²) >= 11 is 0. The van der Waals surface area contributed by atoms with Crippen molar-refractivity contribution >= 4 is 27.9 Å². The predicted octanol–water partition coefficient (Wildman–Crippen LogP) is 1.78. The van der Waals surface area contributed by atoms with E-state index in [0.29, 0.717) is 23.7 Å². The van der Waals surface area contributed by atoms with E-state index in [4.69, 9.17) is 14.2 Å². The Morgan fingerprint density at radius 2 is 1.86 bits per heavy atom. The largest absolute Gasteiger partial charge is 0.493 e. The highest BCUT2D eigenvalue weighted by Crippen LogP contribution is 2.33. The van der Waals surface area contributed by atoms with Crippen LogP contribution in [0.2, 0.25) is 0 Å². The van der Waals surface area contributed by atoms with Gasteiger partial charge in [0.05, 0.1) is 20.8 Å². The van der Waals surface area contributed by atoms with Crippen LogP contribution in [0.5, 0.6) is 11.5 Å². The summed E-state index contributed by atoms with van der Waals surface area (Å²) in [5, 5.41) is 1.78. The number of H-pyrrole nitrogens is 1. The Morgan fingerprint density at radius 3 is 2.54 bits per heavy atom. The lowest BCUT2D eigenvalue weighted by molar-refractivity contribution is -0.142. The number of aromatic amines is 1. The summed E-state index contributed by atoms with van der Waals surface area (Å²) in [4.78, 5) is 47.8. The van der Waals surface area contributed by atoms with Crippen LogP contribution in [0.3, 0.4) is 0 Å². The molecule has 184 valence electrons. The van der Waals surface area contributed by atoms with Crippen LogP contribution in [0, 0.1) is 5.92 Å². The third kappa shape index (κ3) is 4.61. The van der Waals surface area contributed by atoms with Crippen molar-refractivity contribution in [2.75, 3.05) is 20.8 Å². The fourth-order valence-corrected chi connectivity index (χ4v) is 4.11. The van der Waals surface area contributed by atoms with E-state index in [1.807, 2.05) is 19.1 Å². The number of ether oxygens (including phenoxy) is 3. The first-order valence-electron chi connectivity index (χ1n) is 11.0. The number of hydrogen-bond acceptors (Lipinski definition) is 8. The molecule has 0 amide bonds. The van der Waals surface area contributed by atoms with Crippen LogP contribution in [0.4, 0.5) is 0 Å². The quantitative estimate of drug-likeness (QED) is 0.377.